The zero-order chi connectivity index (χ0) is 15.1. The molecule has 20 heavy (non-hydrogen) atoms. The lowest BCUT2D eigenvalue weighted by Crippen LogP contribution is -2.43. The Morgan fingerprint density at radius 3 is 2.70 bits per heavy atom. The highest BCUT2D eigenvalue weighted by atomic mass is 35.5. The fourth-order valence-corrected chi connectivity index (χ4v) is 2.19. The van der Waals surface area contributed by atoms with Gasteiger partial charge in [-0.15, -0.1) is 13.2 Å². The van der Waals surface area contributed by atoms with Crippen molar-refractivity contribution in [3.8, 4) is 11.5 Å². The van der Waals surface area contributed by atoms with E-state index in [9.17, 15) is 23.1 Å². The van der Waals surface area contributed by atoms with Crippen molar-refractivity contribution in [2.24, 2.45) is 0 Å². The molecule has 0 amide bonds. The first-order valence-corrected chi connectivity index (χ1v) is 5.73. The standard InChI is InChI=1S/C11H8ClF3O5/c12-7-4-10(18,9(16)17)5-2-1-3-6(8(5)19-7)20-11(13,14)15/h1-3,7,18H,4H2,(H,16,17). The number of para-hydroxylation sites is 1. The maximum atomic E-state index is 12.3. The van der Waals surface area contributed by atoms with Crippen molar-refractivity contribution in [2.75, 3.05) is 0 Å². The van der Waals surface area contributed by atoms with Gasteiger partial charge in [0.2, 0.25) is 0 Å². The van der Waals surface area contributed by atoms with Gasteiger partial charge < -0.3 is 19.7 Å². The van der Waals surface area contributed by atoms with Crippen molar-refractivity contribution >= 4 is 17.6 Å². The molecule has 110 valence electrons. The van der Waals surface area contributed by atoms with Gasteiger partial charge >= 0.3 is 12.3 Å². The van der Waals surface area contributed by atoms with Crippen molar-refractivity contribution in [2.45, 2.75) is 23.9 Å². The smallest absolute Gasteiger partial charge is 0.479 e. The molecule has 0 saturated carbocycles. The first kappa shape index (κ1) is 14.7. The van der Waals surface area contributed by atoms with E-state index in [2.05, 4.69) is 4.74 Å². The molecule has 0 saturated heterocycles. The lowest BCUT2D eigenvalue weighted by Gasteiger charge is -2.34. The molecule has 2 unspecified atom stereocenters. The molecule has 0 aliphatic carbocycles. The van der Waals surface area contributed by atoms with Crippen molar-refractivity contribution in [3.63, 3.8) is 0 Å². The minimum absolute atomic E-state index is 0.344. The number of fused-ring (bicyclic) bond motifs is 1. The normalized spacial score (nSPS) is 25.6. The van der Waals surface area contributed by atoms with Crippen LogP contribution in [-0.4, -0.2) is 28.1 Å². The topological polar surface area (TPSA) is 76.0 Å². The third-order valence-electron chi connectivity index (χ3n) is 2.71. The summed E-state index contributed by atoms with van der Waals surface area (Å²) >= 11 is 5.63. The summed E-state index contributed by atoms with van der Waals surface area (Å²) in [4.78, 5) is 11.2. The zero-order valence-corrected chi connectivity index (χ0v) is 10.4. The molecule has 2 rings (SSSR count). The number of alkyl halides is 4. The number of ether oxygens (including phenoxy) is 2. The first-order valence-electron chi connectivity index (χ1n) is 5.29. The van der Waals surface area contributed by atoms with E-state index < -0.39 is 41.4 Å². The van der Waals surface area contributed by atoms with Gasteiger partial charge in [-0.3, -0.25) is 0 Å². The Bertz CT molecular complexity index is 547. The summed E-state index contributed by atoms with van der Waals surface area (Å²) in [5, 5.41) is 19.2. The van der Waals surface area contributed by atoms with Gasteiger partial charge in [-0.1, -0.05) is 23.7 Å². The van der Waals surface area contributed by atoms with Gasteiger partial charge in [-0.05, 0) is 6.07 Å². The largest absolute Gasteiger partial charge is 0.573 e. The second-order valence-corrected chi connectivity index (χ2v) is 4.56. The molecule has 1 aliphatic heterocycles. The number of hydrogen-bond donors (Lipinski definition) is 2. The van der Waals surface area contributed by atoms with Crippen LogP contribution in [0.3, 0.4) is 0 Å². The van der Waals surface area contributed by atoms with Crippen LogP contribution in [0, 0.1) is 0 Å². The molecule has 0 bridgehead atoms. The Morgan fingerprint density at radius 1 is 1.50 bits per heavy atom. The third-order valence-corrected chi connectivity index (χ3v) is 2.95. The van der Waals surface area contributed by atoms with Crippen LogP contribution in [0.5, 0.6) is 11.5 Å². The molecular formula is C11H8ClF3O5. The lowest BCUT2D eigenvalue weighted by molar-refractivity contribution is -0.275. The summed E-state index contributed by atoms with van der Waals surface area (Å²) in [7, 11) is 0. The van der Waals surface area contributed by atoms with Crippen molar-refractivity contribution in [3.05, 3.63) is 23.8 Å². The molecule has 0 fully saturated rings. The summed E-state index contributed by atoms with van der Waals surface area (Å²) in [6.07, 6.45) is -5.49. The Labute approximate surface area is 115 Å². The van der Waals surface area contributed by atoms with Crippen LogP contribution in [0.1, 0.15) is 12.0 Å². The summed E-state index contributed by atoms with van der Waals surface area (Å²) < 4.78 is 45.5. The quantitative estimate of drug-likeness (QED) is 0.819. The van der Waals surface area contributed by atoms with Crippen LogP contribution in [-0.2, 0) is 10.4 Å². The number of hydrogen-bond acceptors (Lipinski definition) is 4. The van der Waals surface area contributed by atoms with Gasteiger partial charge in [-0.2, -0.15) is 0 Å². The SMILES string of the molecule is O=C(O)C1(O)CC(Cl)Oc2c(OC(F)(F)F)cccc21. The van der Waals surface area contributed by atoms with E-state index >= 15 is 0 Å². The van der Waals surface area contributed by atoms with Crippen LogP contribution in [0.4, 0.5) is 13.2 Å². The van der Waals surface area contributed by atoms with Crippen molar-refractivity contribution < 1.29 is 37.7 Å². The Morgan fingerprint density at radius 2 is 2.15 bits per heavy atom. The molecule has 1 aliphatic rings. The van der Waals surface area contributed by atoms with E-state index in [0.717, 1.165) is 18.2 Å². The van der Waals surface area contributed by atoms with Crippen LogP contribution < -0.4 is 9.47 Å². The van der Waals surface area contributed by atoms with Gasteiger partial charge in [0.25, 0.3) is 0 Å². The summed E-state index contributed by atoms with van der Waals surface area (Å²) in [6.45, 7) is 0. The highest BCUT2D eigenvalue weighted by Gasteiger charge is 2.48. The molecule has 1 aromatic rings. The zero-order valence-electron chi connectivity index (χ0n) is 9.65. The van der Waals surface area contributed by atoms with E-state index in [-0.39, 0.29) is 5.56 Å². The molecule has 0 radical (unpaired) electrons. The monoisotopic (exact) mass is 312 g/mol. The second kappa shape index (κ2) is 4.71. The van der Waals surface area contributed by atoms with E-state index in [1.54, 1.807) is 0 Å². The molecule has 1 aromatic carbocycles. The van der Waals surface area contributed by atoms with E-state index in [4.69, 9.17) is 21.4 Å². The first-order chi connectivity index (χ1) is 9.13. The Kier molecular flexibility index (Phi) is 3.47. The molecule has 2 atom stereocenters. The number of aliphatic hydroxyl groups is 1. The molecule has 9 heteroatoms. The molecule has 2 N–H and O–H groups in total. The predicted octanol–water partition coefficient (Wildman–Crippen LogP) is 2.20. The van der Waals surface area contributed by atoms with Gasteiger partial charge in [-0.25, -0.2) is 4.79 Å². The van der Waals surface area contributed by atoms with Gasteiger partial charge in [0.15, 0.2) is 22.7 Å². The van der Waals surface area contributed by atoms with E-state index in [1.807, 2.05) is 0 Å². The number of rotatable bonds is 2. The minimum atomic E-state index is -4.99. The van der Waals surface area contributed by atoms with Gasteiger partial charge in [0, 0.05) is 12.0 Å². The van der Waals surface area contributed by atoms with Crippen LogP contribution in [0.15, 0.2) is 18.2 Å². The lowest BCUT2D eigenvalue weighted by atomic mass is 9.88. The number of carbonyl (C=O) groups is 1. The Hall–Kier alpha value is -1.67. The highest BCUT2D eigenvalue weighted by molar-refractivity contribution is 6.20. The van der Waals surface area contributed by atoms with E-state index in [1.165, 1.54) is 0 Å². The second-order valence-electron chi connectivity index (χ2n) is 4.08. The maximum absolute atomic E-state index is 12.3. The number of benzene rings is 1. The fraction of sp³-hybridized carbons (Fsp3) is 0.364. The minimum Gasteiger partial charge on any atom is -0.479 e. The average Bonchev–Trinajstić information content (AvgIpc) is 2.28. The highest BCUT2D eigenvalue weighted by Crippen LogP contribution is 2.46. The van der Waals surface area contributed by atoms with E-state index in [0.29, 0.717) is 0 Å². The van der Waals surface area contributed by atoms with Crippen molar-refractivity contribution in [1.29, 1.82) is 0 Å². The Balaban J connectivity index is 2.55. The molecule has 1 heterocycles. The molecule has 5 nitrogen and oxygen atoms in total. The van der Waals surface area contributed by atoms with Crippen molar-refractivity contribution in [1.82, 2.24) is 0 Å². The third kappa shape index (κ3) is 2.61. The summed E-state index contributed by atoms with van der Waals surface area (Å²) in [5.41, 5.74) is -4.09. The number of carboxylic acids is 1. The number of carboxylic acid groups (broad SMARTS) is 1. The van der Waals surface area contributed by atoms with Crippen LogP contribution >= 0.6 is 11.6 Å². The maximum Gasteiger partial charge on any atom is 0.573 e. The summed E-state index contributed by atoms with van der Waals surface area (Å²) in [5.74, 6) is -2.95. The van der Waals surface area contributed by atoms with Crippen LogP contribution in [0.25, 0.3) is 0 Å². The number of aliphatic carboxylic acids is 1. The number of halogens is 4. The van der Waals surface area contributed by atoms with Gasteiger partial charge in [0.05, 0.1) is 0 Å². The molecule has 0 aromatic heterocycles. The summed E-state index contributed by atoms with van der Waals surface area (Å²) in [6, 6.07) is 3.19. The fourth-order valence-electron chi connectivity index (χ4n) is 1.88. The predicted molar refractivity (Wildman–Crippen MR) is 59.5 cm³/mol. The molecule has 0 spiro atoms. The van der Waals surface area contributed by atoms with Gasteiger partial charge in [0.1, 0.15) is 0 Å². The average molecular weight is 313 g/mol. The van der Waals surface area contributed by atoms with Crippen LogP contribution in [0.2, 0.25) is 0 Å². The molecular weight excluding hydrogens is 305 g/mol.